The van der Waals surface area contributed by atoms with E-state index in [0.717, 1.165) is 16.5 Å². The third-order valence-electron chi connectivity index (χ3n) is 2.79. The highest BCUT2D eigenvalue weighted by atomic mass is 16.1. The number of terminal acetylenes is 1. The first-order valence-electron chi connectivity index (χ1n) is 5.24. The second-order valence-electron chi connectivity index (χ2n) is 3.89. The van der Waals surface area contributed by atoms with E-state index in [0.29, 0.717) is 6.42 Å². The number of hydrogen-bond acceptors (Lipinski definition) is 1. The molecule has 2 aromatic rings. The molecule has 1 N–H and O–H groups in total. The fourth-order valence-electron chi connectivity index (χ4n) is 1.84. The van der Waals surface area contributed by atoms with Crippen molar-refractivity contribution in [2.45, 2.75) is 13.3 Å². The second kappa shape index (κ2) is 4.24. The summed E-state index contributed by atoms with van der Waals surface area (Å²) in [5, 5.41) is 1.14. The fourth-order valence-corrected chi connectivity index (χ4v) is 1.84. The van der Waals surface area contributed by atoms with E-state index in [9.17, 15) is 4.79 Å². The lowest BCUT2D eigenvalue weighted by molar-refractivity contribution is -0.119. The number of fused-ring (bicyclic) bond motifs is 1. The van der Waals surface area contributed by atoms with Gasteiger partial charge in [0.15, 0.2) is 0 Å². The van der Waals surface area contributed by atoms with Crippen LogP contribution in [0.15, 0.2) is 30.5 Å². The Kier molecular flexibility index (Phi) is 2.78. The van der Waals surface area contributed by atoms with Crippen LogP contribution >= 0.6 is 0 Å². The van der Waals surface area contributed by atoms with Crippen LogP contribution in [0, 0.1) is 18.3 Å². The number of benzene rings is 1. The van der Waals surface area contributed by atoms with Gasteiger partial charge in [-0.3, -0.25) is 4.79 Å². The summed E-state index contributed by atoms with van der Waals surface area (Å²) in [6.07, 6.45) is 7.89. The molecule has 2 rings (SSSR count). The van der Waals surface area contributed by atoms with E-state index in [4.69, 9.17) is 6.42 Å². The molecule has 1 heterocycles. The van der Waals surface area contributed by atoms with Crippen molar-refractivity contribution in [1.29, 1.82) is 0 Å². The summed E-state index contributed by atoms with van der Waals surface area (Å²) < 4.78 is 0. The monoisotopic (exact) mass is 211 g/mol. The Morgan fingerprint density at radius 2 is 2.25 bits per heavy atom. The van der Waals surface area contributed by atoms with Gasteiger partial charge in [-0.2, -0.15) is 0 Å². The zero-order valence-electron chi connectivity index (χ0n) is 9.16. The smallest absolute Gasteiger partial charge is 0.145 e. The van der Waals surface area contributed by atoms with Gasteiger partial charge in [-0.1, -0.05) is 24.1 Å². The predicted molar refractivity (Wildman–Crippen MR) is 65.0 cm³/mol. The molecule has 0 aliphatic heterocycles. The van der Waals surface area contributed by atoms with E-state index in [1.165, 1.54) is 0 Å². The van der Waals surface area contributed by atoms with Gasteiger partial charge in [0, 0.05) is 17.1 Å². The van der Waals surface area contributed by atoms with Gasteiger partial charge in [-0.25, -0.2) is 0 Å². The number of carbonyl (C=O) groups excluding carboxylic acids is 1. The highest BCUT2D eigenvalue weighted by Crippen LogP contribution is 2.20. The molecule has 1 atom stereocenters. The standard InChI is InChI=1S/C14H13NO/c1-3-11(10(2)16)8-12-9-15-14-7-5-4-6-13(12)14/h1,4-7,9,11,15H,8H2,2H3/t11-/m0/s1. The van der Waals surface area contributed by atoms with Crippen molar-refractivity contribution >= 4 is 16.7 Å². The number of para-hydroxylation sites is 1. The highest BCUT2D eigenvalue weighted by molar-refractivity contribution is 5.85. The van der Waals surface area contributed by atoms with Crippen LogP contribution in [0.3, 0.4) is 0 Å². The van der Waals surface area contributed by atoms with Crippen molar-refractivity contribution in [2.75, 3.05) is 0 Å². The average molecular weight is 211 g/mol. The van der Waals surface area contributed by atoms with Gasteiger partial charge in [0.25, 0.3) is 0 Å². The van der Waals surface area contributed by atoms with E-state index in [2.05, 4.69) is 10.9 Å². The van der Waals surface area contributed by atoms with Gasteiger partial charge in [0.1, 0.15) is 5.78 Å². The molecule has 0 saturated heterocycles. The molecule has 0 spiro atoms. The number of carbonyl (C=O) groups is 1. The van der Waals surface area contributed by atoms with E-state index in [1.54, 1.807) is 6.92 Å². The Morgan fingerprint density at radius 3 is 2.94 bits per heavy atom. The lowest BCUT2D eigenvalue weighted by atomic mass is 9.96. The molecule has 0 aliphatic carbocycles. The highest BCUT2D eigenvalue weighted by Gasteiger charge is 2.13. The maximum atomic E-state index is 11.3. The first kappa shape index (κ1) is 10.5. The van der Waals surface area contributed by atoms with Crippen LogP contribution in [0.5, 0.6) is 0 Å². The minimum Gasteiger partial charge on any atom is -0.361 e. The molecule has 0 bridgehead atoms. The van der Waals surface area contributed by atoms with Crippen molar-refractivity contribution in [3.63, 3.8) is 0 Å². The normalized spacial score (nSPS) is 12.2. The number of Topliss-reactive ketones (excluding diaryl/α,β-unsaturated/α-hetero) is 1. The van der Waals surface area contributed by atoms with Crippen LogP contribution in [0.1, 0.15) is 12.5 Å². The van der Waals surface area contributed by atoms with Crippen LogP contribution in [0.2, 0.25) is 0 Å². The topological polar surface area (TPSA) is 32.9 Å². The molecule has 0 unspecified atom stereocenters. The van der Waals surface area contributed by atoms with E-state index < -0.39 is 0 Å². The van der Waals surface area contributed by atoms with Crippen molar-refractivity contribution in [1.82, 2.24) is 4.98 Å². The van der Waals surface area contributed by atoms with Crippen molar-refractivity contribution < 1.29 is 4.79 Å². The largest absolute Gasteiger partial charge is 0.361 e. The number of aromatic amines is 1. The Labute approximate surface area is 94.7 Å². The van der Waals surface area contributed by atoms with Crippen LogP contribution in [0.4, 0.5) is 0 Å². The Morgan fingerprint density at radius 1 is 1.50 bits per heavy atom. The minimum absolute atomic E-state index is 0.0489. The molecule has 80 valence electrons. The summed E-state index contributed by atoms with van der Waals surface area (Å²) in [5.41, 5.74) is 2.19. The first-order chi connectivity index (χ1) is 7.72. The summed E-state index contributed by atoms with van der Waals surface area (Å²) in [6.45, 7) is 1.54. The Bertz CT molecular complexity index is 559. The van der Waals surface area contributed by atoms with Gasteiger partial charge in [0.2, 0.25) is 0 Å². The Hall–Kier alpha value is -2.01. The molecular weight excluding hydrogens is 198 g/mol. The van der Waals surface area contributed by atoms with E-state index in [1.807, 2.05) is 30.5 Å². The van der Waals surface area contributed by atoms with Gasteiger partial charge in [-0.15, -0.1) is 6.42 Å². The first-order valence-corrected chi connectivity index (χ1v) is 5.24. The van der Waals surface area contributed by atoms with Crippen molar-refractivity contribution in [2.24, 2.45) is 5.92 Å². The van der Waals surface area contributed by atoms with Crippen LogP contribution < -0.4 is 0 Å². The maximum absolute atomic E-state index is 11.3. The zero-order valence-corrected chi connectivity index (χ0v) is 9.16. The van der Waals surface area contributed by atoms with Gasteiger partial charge < -0.3 is 4.98 Å². The number of H-pyrrole nitrogens is 1. The molecule has 16 heavy (non-hydrogen) atoms. The second-order valence-corrected chi connectivity index (χ2v) is 3.89. The minimum atomic E-state index is -0.320. The van der Waals surface area contributed by atoms with E-state index in [-0.39, 0.29) is 11.7 Å². The van der Waals surface area contributed by atoms with Crippen LogP contribution in [-0.2, 0) is 11.2 Å². The number of rotatable bonds is 3. The summed E-state index contributed by atoms with van der Waals surface area (Å²) in [7, 11) is 0. The third kappa shape index (κ3) is 1.85. The predicted octanol–water partition coefficient (Wildman–Crippen LogP) is 2.55. The van der Waals surface area contributed by atoms with Gasteiger partial charge in [-0.05, 0) is 25.0 Å². The van der Waals surface area contributed by atoms with Crippen molar-refractivity contribution in [3.05, 3.63) is 36.0 Å². The van der Waals surface area contributed by atoms with Gasteiger partial charge >= 0.3 is 0 Å². The maximum Gasteiger partial charge on any atom is 0.145 e. The molecule has 1 aromatic carbocycles. The molecule has 0 fully saturated rings. The Balaban J connectivity index is 2.35. The summed E-state index contributed by atoms with van der Waals surface area (Å²) in [5.74, 6) is 2.27. The van der Waals surface area contributed by atoms with Crippen LogP contribution in [-0.4, -0.2) is 10.8 Å². The van der Waals surface area contributed by atoms with Gasteiger partial charge in [0.05, 0.1) is 5.92 Å². The van der Waals surface area contributed by atoms with Crippen molar-refractivity contribution in [3.8, 4) is 12.3 Å². The number of nitrogens with one attached hydrogen (secondary N) is 1. The summed E-state index contributed by atoms with van der Waals surface area (Å²) >= 11 is 0. The lowest BCUT2D eigenvalue weighted by Crippen LogP contribution is -2.11. The molecule has 2 nitrogen and oxygen atoms in total. The van der Waals surface area contributed by atoms with Crippen LogP contribution in [0.25, 0.3) is 10.9 Å². The quantitative estimate of drug-likeness (QED) is 0.777. The summed E-state index contributed by atoms with van der Waals surface area (Å²) in [6, 6.07) is 8.01. The number of aromatic nitrogens is 1. The molecule has 1 aromatic heterocycles. The molecule has 0 aliphatic rings. The third-order valence-corrected chi connectivity index (χ3v) is 2.79. The summed E-state index contributed by atoms with van der Waals surface area (Å²) in [4.78, 5) is 14.5. The van der Waals surface area contributed by atoms with E-state index >= 15 is 0 Å². The molecule has 0 radical (unpaired) electrons. The molecule has 0 amide bonds. The zero-order chi connectivity index (χ0) is 11.5. The number of hydrogen-bond donors (Lipinski definition) is 1. The number of ketones is 1. The molecular formula is C14H13NO. The SMILES string of the molecule is C#C[C@@H](Cc1c[nH]c2ccccc12)C(C)=O. The lowest BCUT2D eigenvalue weighted by Gasteiger charge is -2.05. The molecule has 2 heteroatoms. The molecule has 0 saturated carbocycles. The fraction of sp³-hybridized carbons (Fsp3) is 0.214. The average Bonchev–Trinajstić information content (AvgIpc) is 2.69.